The molecule has 3 rings (SSSR count). The molecule has 0 aliphatic carbocycles. The number of morpholine rings is 1. The standard InChI is InChI=1S/C22H25ClN2O3/c23-18-9-7-17(8-10-18)21(26)19-5-1-2-6-20(19)22(27)24-11-3-4-12-25-13-15-28-16-14-25/h1-2,5-10H,3-4,11-16H2,(H,24,27). The van der Waals surface area contributed by atoms with E-state index in [-0.39, 0.29) is 11.7 Å². The number of hydrogen-bond donors (Lipinski definition) is 1. The predicted octanol–water partition coefficient (Wildman–Crippen LogP) is 3.41. The Morgan fingerprint density at radius 1 is 0.964 bits per heavy atom. The molecule has 1 saturated heterocycles. The maximum Gasteiger partial charge on any atom is 0.252 e. The Labute approximate surface area is 170 Å². The zero-order valence-electron chi connectivity index (χ0n) is 15.8. The quantitative estimate of drug-likeness (QED) is 0.545. The molecule has 0 spiro atoms. The fraction of sp³-hybridized carbons (Fsp3) is 0.364. The zero-order valence-corrected chi connectivity index (χ0v) is 16.6. The number of nitrogens with zero attached hydrogens (tertiary/aromatic N) is 1. The minimum Gasteiger partial charge on any atom is -0.379 e. The molecule has 1 fully saturated rings. The molecule has 0 unspecified atom stereocenters. The van der Waals surface area contributed by atoms with Gasteiger partial charge in [0.25, 0.3) is 5.91 Å². The maximum absolute atomic E-state index is 12.8. The van der Waals surface area contributed by atoms with Gasteiger partial charge in [-0.15, -0.1) is 0 Å². The molecule has 0 aromatic heterocycles. The Hall–Kier alpha value is -2.21. The first-order valence-electron chi connectivity index (χ1n) is 9.63. The van der Waals surface area contributed by atoms with Crippen LogP contribution >= 0.6 is 11.6 Å². The topological polar surface area (TPSA) is 58.6 Å². The predicted molar refractivity (Wildman–Crippen MR) is 110 cm³/mol. The molecule has 0 radical (unpaired) electrons. The number of benzene rings is 2. The first-order chi connectivity index (χ1) is 13.6. The van der Waals surface area contributed by atoms with Gasteiger partial charge in [0, 0.05) is 35.8 Å². The molecule has 6 heteroatoms. The average Bonchev–Trinajstić information content (AvgIpc) is 2.74. The summed E-state index contributed by atoms with van der Waals surface area (Å²) in [5.74, 6) is -0.404. The van der Waals surface area contributed by atoms with E-state index in [1.807, 2.05) is 0 Å². The van der Waals surface area contributed by atoms with Crippen LogP contribution in [0, 0.1) is 0 Å². The fourth-order valence-electron chi connectivity index (χ4n) is 3.22. The lowest BCUT2D eigenvalue weighted by Crippen LogP contribution is -2.37. The van der Waals surface area contributed by atoms with Gasteiger partial charge >= 0.3 is 0 Å². The second-order valence-corrected chi connectivity index (χ2v) is 7.24. The van der Waals surface area contributed by atoms with Crippen molar-refractivity contribution in [3.63, 3.8) is 0 Å². The molecular weight excluding hydrogens is 376 g/mol. The van der Waals surface area contributed by atoms with Crippen LogP contribution in [0.3, 0.4) is 0 Å². The van der Waals surface area contributed by atoms with Crippen LogP contribution in [-0.4, -0.2) is 56.0 Å². The summed E-state index contributed by atoms with van der Waals surface area (Å²) in [6.45, 7) is 5.17. The van der Waals surface area contributed by atoms with Crippen molar-refractivity contribution in [3.8, 4) is 0 Å². The third kappa shape index (κ3) is 5.64. The molecule has 1 aliphatic heterocycles. The van der Waals surface area contributed by atoms with Gasteiger partial charge in [-0.3, -0.25) is 14.5 Å². The van der Waals surface area contributed by atoms with Crippen LogP contribution in [0.15, 0.2) is 48.5 Å². The minimum atomic E-state index is -0.218. The van der Waals surface area contributed by atoms with Crippen molar-refractivity contribution in [2.75, 3.05) is 39.4 Å². The summed E-state index contributed by atoms with van der Waals surface area (Å²) in [5, 5.41) is 3.51. The van der Waals surface area contributed by atoms with Gasteiger partial charge < -0.3 is 10.1 Å². The van der Waals surface area contributed by atoms with Crippen molar-refractivity contribution in [2.24, 2.45) is 0 Å². The molecule has 2 aromatic rings. The number of ether oxygens (including phenoxy) is 1. The van der Waals surface area contributed by atoms with Gasteiger partial charge in [-0.1, -0.05) is 29.8 Å². The van der Waals surface area contributed by atoms with E-state index in [9.17, 15) is 9.59 Å². The Kier molecular flexibility index (Phi) is 7.60. The molecule has 28 heavy (non-hydrogen) atoms. The van der Waals surface area contributed by atoms with E-state index in [2.05, 4.69) is 10.2 Å². The molecule has 5 nitrogen and oxygen atoms in total. The van der Waals surface area contributed by atoms with E-state index in [4.69, 9.17) is 16.3 Å². The van der Waals surface area contributed by atoms with Crippen molar-refractivity contribution < 1.29 is 14.3 Å². The summed E-state index contributed by atoms with van der Waals surface area (Å²) >= 11 is 5.89. The van der Waals surface area contributed by atoms with Crippen molar-refractivity contribution in [3.05, 3.63) is 70.2 Å². The molecule has 148 valence electrons. The Morgan fingerprint density at radius 3 is 2.36 bits per heavy atom. The van der Waals surface area contributed by atoms with E-state index in [0.717, 1.165) is 45.7 Å². The summed E-state index contributed by atoms with van der Waals surface area (Å²) in [6, 6.07) is 13.6. The van der Waals surface area contributed by atoms with Gasteiger partial charge in [-0.2, -0.15) is 0 Å². The minimum absolute atomic E-state index is 0.185. The summed E-state index contributed by atoms with van der Waals surface area (Å²) < 4.78 is 5.34. The van der Waals surface area contributed by atoms with Crippen molar-refractivity contribution in [1.29, 1.82) is 0 Å². The van der Waals surface area contributed by atoms with Crippen LogP contribution < -0.4 is 5.32 Å². The van der Waals surface area contributed by atoms with Crippen LogP contribution in [-0.2, 0) is 4.74 Å². The number of halogens is 1. The lowest BCUT2D eigenvalue weighted by atomic mass is 9.98. The van der Waals surface area contributed by atoms with Crippen LogP contribution in [0.1, 0.15) is 39.1 Å². The number of rotatable bonds is 8. The number of ketones is 1. The van der Waals surface area contributed by atoms with Crippen LogP contribution in [0.2, 0.25) is 5.02 Å². The van der Waals surface area contributed by atoms with E-state index in [0.29, 0.717) is 28.3 Å². The van der Waals surface area contributed by atoms with Crippen molar-refractivity contribution in [1.82, 2.24) is 10.2 Å². The first-order valence-corrected chi connectivity index (χ1v) is 10.0. The van der Waals surface area contributed by atoms with Gasteiger partial charge in [-0.05, 0) is 49.7 Å². The highest BCUT2D eigenvalue weighted by molar-refractivity contribution is 6.30. The Bertz CT molecular complexity index is 802. The smallest absolute Gasteiger partial charge is 0.252 e. The summed E-state index contributed by atoms with van der Waals surface area (Å²) in [7, 11) is 0. The molecule has 1 amide bonds. The number of carbonyl (C=O) groups excluding carboxylic acids is 2. The maximum atomic E-state index is 12.8. The Balaban J connectivity index is 1.53. The number of amides is 1. The number of carbonyl (C=O) groups is 2. The van der Waals surface area contributed by atoms with E-state index in [1.54, 1.807) is 48.5 Å². The lowest BCUT2D eigenvalue weighted by molar-refractivity contribution is 0.0372. The molecule has 1 aliphatic rings. The lowest BCUT2D eigenvalue weighted by Gasteiger charge is -2.26. The third-order valence-corrected chi connectivity index (χ3v) is 5.07. The van der Waals surface area contributed by atoms with Gasteiger partial charge in [0.05, 0.1) is 18.8 Å². The number of nitrogens with one attached hydrogen (secondary N) is 1. The van der Waals surface area contributed by atoms with Crippen LogP contribution in [0.5, 0.6) is 0 Å². The molecule has 0 atom stereocenters. The Morgan fingerprint density at radius 2 is 1.64 bits per heavy atom. The third-order valence-electron chi connectivity index (χ3n) is 4.81. The average molecular weight is 401 g/mol. The van der Waals surface area contributed by atoms with Crippen LogP contribution in [0.4, 0.5) is 0 Å². The van der Waals surface area contributed by atoms with Crippen molar-refractivity contribution >= 4 is 23.3 Å². The van der Waals surface area contributed by atoms with E-state index in [1.165, 1.54) is 0 Å². The summed E-state index contributed by atoms with van der Waals surface area (Å²) in [5.41, 5.74) is 1.31. The number of hydrogen-bond acceptors (Lipinski definition) is 4. The highest BCUT2D eigenvalue weighted by atomic mass is 35.5. The zero-order chi connectivity index (χ0) is 19.8. The highest BCUT2D eigenvalue weighted by Gasteiger charge is 2.18. The molecular formula is C22H25ClN2O3. The van der Waals surface area contributed by atoms with Gasteiger partial charge in [0.2, 0.25) is 0 Å². The first kappa shape index (κ1) is 20.5. The molecule has 1 N–H and O–H groups in total. The second-order valence-electron chi connectivity index (χ2n) is 6.80. The van der Waals surface area contributed by atoms with Gasteiger partial charge in [0.1, 0.15) is 0 Å². The summed E-state index contributed by atoms with van der Waals surface area (Å²) in [4.78, 5) is 27.8. The van der Waals surface area contributed by atoms with E-state index < -0.39 is 0 Å². The van der Waals surface area contributed by atoms with Crippen LogP contribution in [0.25, 0.3) is 0 Å². The van der Waals surface area contributed by atoms with Gasteiger partial charge in [-0.25, -0.2) is 0 Å². The van der Waals surface area contributed by atoms with Crippen molar-refractivity contribution in [2.45, 2.75) is 12.8 Å². The molecule has 1 heterocycles. The summed E-state index contributed by atoms with van der Waals surface area (Å²) in [6.07, 6.45) is 1.92. The number of unbranched alkanes of at least 4 members (excludes halogenated alkanes) is 1. The molecule has 2 aromatic carbocycles. The van der Waals surface area contributed by atoms with Gasteiger partial charge in [0.15, 0.2) is 5.78 Å². The van der Waals surface area contributed by atoms with E-state index >= 15 is 0 Å². The fourth-order valence-corrected chi connectivity index (χ4v) is 3.34. The molecule has 0 bridgehead atoms. The monoisotopic (exact) mass is 400 g/mol. The SMILES string of the molecule is O=C(NCCCCN1CCOCC1)c1ccccc1C(=O)c1ccc(Cl)cc1. The second kappa shape index (κ2) is 10.4. The molecule has 0 saturated carbocycles. The normalized spacial score (nSPS) is 14.6. The highest BCUT2D eigenvalue weighted by Crippen LogP contribution is 2.17. The largest absolute Gasteiger partial charge is 0.379 e.